The minimum Gasteiger partial charge on any atom is -0.504 e. The van der Waals surface area contributed by atoms with Crippen LogP contribution < -0.4 is 4.74 Å². The standard InChI is InChI=1S/C16H16O3/c1-3-11-4-6-12(7-5-11)16(18)13-8-9-14(17)15(10-13)19-2/h4-10,17H,3H2,1-2H3. The summed E-state index contributed by atoms with van der Waals surface area (Å²) in [6, 6.07) is 12.1. The number of phenols is 1. The molecule has 0 heterocycles. The summed E-state index contributed by atoms with van der Waals surface area (Å²) in [6.45, 7) is 2.07. The van der Waals surface area contributed by atoms with E-state index in [9.17, 15) is 9.90 Å². The molecule has 0 aliphatic rings. The van der Waals surface area contributed by atoms with Gasteiger partial charge in [-0.1, -0.05) is 31.2 Å². The van der Waals surface area contributed by atoms with Crippen molar-refractivity contribution in [1.82, 2.24) is 0 Å². The highest BCUT2D eigenvalue weighted by Gasteiger charge is 2.11. The third-order valence-electron chi connectivity index (χ3n) is 3.07. The van der Waals surface area contributed by atoms with E-state index in [1.165, 1.54) is 18.7 Å². The quantitative estimate of drug-likeness (QED) is 0.854. The Morgan fingerprint density at radius 3 is 2.32 bits per heavy atom. The van der Waals surface area contributed by atoms with Crippen LogP contribution in [-0.4, -0.2) is 18.0 Å². The van der Waals surface area contributed by atoms with Gasteiger partial charge < -0.3 is 9.84 Å². The second kappa shape index (κ2) is 5.57. The topological polar surface area (TPSA) is 46.5 Å². The van der Waals surface area contributed by atoms with Crippen molar-refractivity contribution in [2.24, 2.45) is 0 Å². The Bertz CT molecular complexity index is 585. The van der Waals surface area contributed by atoms with Crippen LogP contribution in [-0.2, 0) is 6.42 Å². The molecule has 0 atom stereocenters. The molecule has 0 spiro atoms. The van der Waals surface area contributed by atoms with E-state index in [4.69, 9.17) is 4.74 Å². The summed E-state index contributed by atoms with van der Waals surface area (Å²) in [5.74, 6) is 0.248. The number of benzene rings is 2. The molecular weight excluding hydrogens is 240 g/mol. The lowest BCUT2D eigenvalue weighted by Gasteiger charge is -2.06. The molecule has 0 aliphatic carbocycles. The molecule has 1 N–H and O–H groups in total. The van der Waals surface area contributed by atoms with E-state index in [2.05, 4.69) is 6.92 Å². The molecule has 0 fully saturated rings. The van der Waals surface area contributed by atoms with Crippen LogP contribution in [0, 0.1) is 0 Å². The molecule has 0 aromatic heterocycles. The molecule has 3 nitrogen and oxygen atoms in total. The second-order valence-electron chi connectivity index (χ2n) is 4.27. The molecule has 3 heteroatoms. The van der Waals surface area contributed by atoms with E-state index in [-0.39, 0.29) is 11.5 Å². The summed E-state index contributed by atoms with van der Waals surface area (Å²) >= 11 is 0. The van der Waals surface area contributed by atoms with Crippen molar-refractivity contribution in [3.8, 4) is 11.5 Å². The average Bonchev–Trinajstić information content (AvgIpc) is 2.47. The first kappa shape index (κ1) is 13.1. The van der Waals surface area contributed by atoms with Crippen molar-refractivity contribution in [3.63, 3.8) is 0 Å². The predicted octanol–water partition coefficient (Wildman–Crippen LogP) is 3.19. The van der Waals surface area contributed by atoms with E-state index in [0.29, 0.717) is 16.9 Å². The van der Waals surface area contributed by atoms with Gasteiger partial charge in [0.25, 0.3) is 0 Å². The van der Waals surface area contributed by atoms with Crippen LogP contribution in [0.1, 0.15) is 28.4 Å². The zero-order valence-corrected chi connectivity index (χ0v) is 11.0. The Labute approximate surface area is 112 Å². The molecule has 2 rings (SSSR count). The van der Waals surface area contributed by atoms with E-state index in [0.717, 1.165) is 6.42 Å². The summed E-state index contributed by atoms with van der Waals surface area (Å²) < 4.78 is 5.01. The van der Waals surface area contributed by atoms with Crippen LogP contribution in [0.15, 0.2) is 42.5 Å². The normalized spacial score (nSPS) is 10.2. The molecule has 0 bridgehead atoms. The Morgan fingerprint density at radius 1 is 1.11 bits per heavy atom. The van der Waals surface area contributed by atoms with Gasteiger partial charge in [-0.2, -0.15) is 0 Å². The zero-order chi connectivity index (χ0) is 13.8. The molecule has 0 aliphatic heterocycles. The lowest BCUT2D eigenvalue weighted by molar-refractivity contribution is 0.103. The average molecular weight is 256 g/mol. The smallest absolute Gasteiger partial charge is 0.193 e. The van der Waals surface area contributed by atoms with Gasteiger partial charge >= 0.3 is 0 Å². The SMILES string of the molecule is CCc1ccc(C(=O)c2ccc(O)c(OC)c2)cc1. The van der Waals surface area contributed by atoms with E-state index >= 15 is 0 Å². The second-order valence-corrected chi connectivity index (χ2v) is 4.27. The molecule has 19 heavy (non-hydrogen) atoms. The lowest BCUT2D eigenvalue weighted by Crippen LogP contribution is -2.01. The number of rotatable bonds is 4. The number of aromatic hydroxyl groups is 1. The molecule has 98 valence electrons. The van der Waals surface area contributed by atoms with Crippen LogP contribution in [0.2, 0.25) is 0 Å². The van der Waals surface area contributed by atoms with Crippen LogP contribution >= 0.6 is 0 Å². The summed E-state index contributed by atoms with van der Waals surface area (Å²) in [5.41, 5.74) is 2.32. The van der Waals surface area contributed by atoms with Gasteiger partial charge in [0.05, 0.1) is 7.11 Å². The number of hydrogen-bond acceptors (Lipinski definition) is 3. The fourth-order valence-electron chi connectivity index (χ4n) is 1.88. The fraction of sp³-hybridized carbons (Fsp3) is 0.188. The van der Waals surface area contributed by atoms with Gasteiger partial charge in [0.15, 0.2) is 17.3 Å². The third kappa shape index (κ3) is 2.76. The van der Waals surface area contributed by atoms with Crippen LogP contribution in [0.25, 0.3) is 0 Å². The molecule has 2 aromatic rings. The zero-order valence-electron chi connectivity index (χ0n) is 11.0. The molecular formula is C16H16O3. The number of carbonyl (C=O) groups is 1. The van der Waals surface area contributed by atoms with Gasteiger partial charge in [-0.05, 0) is 30.2 Å². The molecule has 0 saturated heterocycles. The number of ketones is 1. The molecule has 0 radical (unpaired) electrons. The maximum absolute atomic E-state index is 12.3. The summed E-state index contributed by atoms with van der Waals surface area (Å²) in [7, 11) is 1.46. The summed E-state index contributed by atoms with van der Waals surface area (Å²) in [4.78, 5) is 12.3. The van der Waals surface area contributed by atoms with Crippen LogP contribution in [0.5, 0.6) is 11.5 Å². The molecule has 0 saturated carbocycles. The van der Waals surface area contributed by atoms with Gasteiger partial charge in [-0.3, -0.25) is 4.79 Å². The van der Waals surface area contributed by atoms with Gasteiger partial charge in [-0.25, -0.2) is 0 Å². The highest BCUT2D eigenvalue weighted by molar-refractivity contribution is 6.09. The lowest BCUT2D eigenvalue weighted by atomic mass is 10.0. The van der Waals surface area contributed by atoms with E-state index < -0.39 is 0 Å². The molecule has 2 aromatic carbocycles. The number of hydrogen-bond donors (Lipinski definition) is 1. The maximum Gasteiger partial charge on any atom is 0.193 e. The molecule has 0 unspecified atom stereocenters. The number of carbonyl (C=O) groups excluding carboxylic acids is 1. The van der Waals surface area contributed by atoms with Crippen molar-refractivity contribution >= 4 is 5.78 Å². The summed E-state index contributed by atoms with van der Waals surface area (Å²) in [5, 5.41) is 9.52. The van der Waals surface area contributed by atoms with Crippen LogP contribution in [0.4, 0.5) is 0 Å². The fourth-order valence-corrected chi connectivity index (χ4v) is 1.88. The predicted molar refractivity (Wildman–Crippen MR) is 73.9 cm³/mol. The summed E-state index contributed by atoms with van der Waals surface area (Å²) in [6.07, 6.45) is 0.946. The Kier molecular flexibility index (Phi) is 3.85. The van der Waals surface area contributed by atoms with Gasteiger partial charge in [0.2, 0.25) is 0 Å². The van der Waals surface area contributed by atoms with Crippen molar-refractivity contribution in [2.45, 2.75) is 13.3 Å². The third-order valence-corrected chi connectivity index (χ3v) is 3.07. The number of aryl methyl sites for hydroxylation is 1. The van der Waals surface area contributed by atoms with Crippen molar-refractivity contribution < 1.29 is 14.6 Å². The molecule has 0 amide bonds. The van der Waals surface area contributed by atoms with Gasteiger partial charge in [0, 0.05) is 11.1 Å². The van der Waals surface area contributed by atoms with E-state index in [1.807, 2.05) is 24.3 Å². The highest BCUT2D eigenvalue weighted by atomic mass is 16.5. The van der Waals surface area contributed by atoms with Crippen molar-refractivity contribution in [1.29, 1.82) is 0 Å². The Hall–Kier alpha value is -2.29. The minimum atomic E-state index is -0.0825. The minimum absolute atomic E-state index is 0.0281. The first-order chi connectivity index (χ1) is 9.15. The number of methoxy groups -OCH3 is 1. The Morgan fingerprint density at radius 2 is 1.74 bits per heavy atom. The first-order valence-electron chi connectivity index (χ1n) is 6.16. The number of phenolic OH excluding ortho intramolecular Hbond substituents is 1. The largest absolute Gasteiger partial charge is 0.504 e. The van der Waals surface area contributed by atoms with Gasteiger partial charge in [0.1, 0.15) is 0 Å². The van der Waals surface area contributed by atoms with E-state index in [1.54, 1.807) is 12.1 Å². The monoisotopic (exact) mass is 256 g/mol. The highest BCUT2D eigenvalue weighted by Crippen LogP contribution is 2.27. The Balaban J connectivity index is 2.32. The first-order valence-corrected chi connectivity index (χ1v) is 6.16. The van der Waals surface area contributed by atoms with Crippen LogP contribution in [0.3, 0.4) is 0 Å². The van der Waals surface area contributed by atoms with Crippen molar-refractivity contribution in [3.05, 3.63) is 59.2 Å². The maximum atomic E-state index is 12.3. The van der Waals surface area contributed by atoms with Crippen molar-refractivity contribution in [2.75, 3.05) is 7.11 Å². The van der Waals surface area contributed by atoms with Gasteiger partial charge in [-0.15, -0.1) is 0 Å². The number of ether oxygens (including phenoxy) is 1.